The van der Waals surface area contributed by atoms with Crippen LogP contribution in [0.1, 0.15) is 31.9 Å². The Hall–Kier alpha value is -2.08. The van der Waals surface area contributed by atoms with Gasteiger partial charge in [-0.25, -0.2) is 4.68 Å². The molecule has 0 spiro atoms. The maximum atomic E-state index is 13.1. The van der Waals surface area contributed by atoms with Crippen molar-refractivity contribution in [2.45, 2.75) is 26.2 Å². The zero-order chi connectivity index (χ0) is 15.0. The van der Waals surface area contributed by atoms with Crippen LogP contribution in [0.5, 0.6) is 0 Å². The van der Waals surface area contributed by atoms with Crippen molar-refractivity contribution in [3.05, 3.63) is 27.8 Å². The predicted octanol–water partition coefficient (Wildman–Crippen LogP) is 1.38. The Bertz CT molecular complexity index is 435. The highest BCUT2D eigenvalue weighted by Gasteiger charge is 2.26. The van der Waals surface area contributed by atoms with Crippen LogP contribution in [0.25, 0.3) is 0 Å². The Morgan fingerprint density at radius 2 is 2.11 bits per heavy atom. The van der Waals surface area contributed by atoms with Gasteiger partial charge in [0, 0.05) is 18.0 Å². The fourth-order valence-corrected chi connectivity index (χ4v) is 1.66. The van der Waals surface area contributed by atoms with Crippen LogP contribution in [0, 0.1) is 22.0 Å². The summed E-state index contributed by atoms with van der Waals surface area (Å²) in [5, 5.41) is 14.5. The third-order valence-electron chi connectivity index (χ3n) is 2.90. The summed E-state index contributed by atoms with van der Waals surface area (Å²) in [6.45, 7) is 3.67. The maximum Gasteiger partial charge on any atom is 0.373 e. The summed E-state index contributed by atoms with van der Waals surface area (Å²) >= 11 is 0. The van der Waals surface area contributed by atoms with Crippen LogP contribution in [0.2, 0.25) is 0 Å². The van der Waals surface area contributed by atoms with E-state index >= 15 is 0 Å². The first-order valence-corrected chi connectivity index (χ1v) is 5.67. The lowest BCUT2D eigenvalue weighted by Crippen LogP contribution is -2.19. The van der Waals surface area contributed by atoms with Crippen molar-refractivity contribution in [3.8, 4) is 0 Å². The summed E-state index contributed by atoms with van der Waals surface area (Å²) in [6, 6.07) is 1.28. The first-order chi connectivity index (χ1) is 8.87. The molecular weight excluding hydrogens is 257 g/mol. The predicted molar refractivity (Wildman–Crippen MR) is 62.2 cm³/mol. The molecule has 0 radical (unpaired) electrons. The molecule has 0 amide bonds. The molecule has 19 heavy (non-hydrogen) atoms. The Kier molecular flexibility index (Phi) is 7.21. The highest BCUT2D eigenvalue weighted by molar-refractivity contribution is 5.20. The van der Waals surface area contributed by atoms with E-state index in [0.29, 0.717) is 5.69 Å². The number of halogens is 1. The molecule has 0 bridgehead atoms. The molecule has 1 rings (SSSR count). The lowest BCUT2D eigenvalue weighted by molar-refractivity contribution is -0.485. The Labute approximate surface area is 109 Å². The van der Waals surface area contributed by atoms with Crippen molar-refractivity contribution in [1.82, 2.24) is 9.78 Å². The van der Waals surface area contributed by atoms with Gasteiger partial charge in [-0.3, -0.25) is 10.1 Å². The number of aromatic nitrogens is 2. The van der Waals surface area contributed by atoms with Gasteiger partial charge in [-0.1, -0.05) is 20.3 Å². The van der Waals surface area contributed by atoms with Gasteiger partial charge in [0.1, 0.15) is 0 Å². The van der Waals surface area contributed by atoms with Crippen LogP contribution in [0.3, 0.4) is 0 Å². The second-order valence-corrected chi connectivity index (χ2v) is 4.11. The van der Waals surface area contributed by atoms with Gasteiger partial charge in [-0.05, 0) is 5.92 Å². The molecule has 0 aromatic carbocycles. The molecule has 1 heterocycles. The number of carbonyl (C=O) groups excluding carboxylic acids is 2. The monoisotopic (exact) mass is 273 g/mol. The van der Waals surface area contributed by atoms with Gasteiger partial charge >= 0.3 is 6.15 Å². The molecule has 7 nitrogen and oxygen atoms in total. The highest BCUT2D eigenvalue weighted by Crippen LogP contribution is 2.26. The van der Waals surface area contributed by atoms with Crippen LogP contribution in [-0.4, -0.2) is 27.4 Å². The first kappa shape index (κ1) is 16.9. The smallest absolute Gasteiger partial charge is 0.265 e. The average Bonchev–Trinajstić information content (AvgIpc) is 2.66. The van der Waals surface area contributed by atoms with E-state index in [9.17, 15) is 14.5 Å². The Balaban J connectivity index is 0.000000982. The topological polar surface area (TPSA) is 95.1 Å². The third kappa shape index (κ3) is 5.39. The number of nitrogens with zero attached hydrogens (tertiary/aromatic N) is 3. The minimum absolute atomic E-state index is 0.111. The molecule has 0 aliphatic rings. The Morgan fingerprint density at radius 1 is 1.58 bits per heavy atom. The molecule has 0 aliphatic heterocycles. The van der Waals surface area contributed by atoms with Crippen molar-refractivity contribution in [1.29, 1.82) is 0 Å². The van der Waals surface area contributed by atoms with E-state index in [1.54, 1.807) is 0 Å². The standard InChI is InChI=1S/C10H16FN3O2.CO2/c1-4-7(2)8(6-14(15)16)9-5-10(11)13(3)12-9;2-1-3/h5,7-8H,4,6H2,1-3H3;/t7?,8-;/m0./s1. The van der Waals surface area contributed by atoms with Gasteiger partial charge in [0.05, 0.1) is 11.6 Å². The summed E-state index contributed by atoms with van der Waals surface area (Å²) in [6.07, 6.45) is 1.05. The number of hydrogen-bond donors (Lipinski definition) is 0. The van der Waals surface area contributed by atoms with Crippen molar-refractivity contribution in [2.24, 2.45) is 13.0 Å². The molecule has 0 saturated carbocycles. The summed E-state index contributed by atoms with van der Waals surface area (Å²) in [7, 11) is 1.48. The van der Waals surface area contributed by atoms with Crippen LogP contribution in [0.15, 0.2) is 6.07 Å². The molecule has 8 heteroatoms. The lowest BCUT2D eigenvalue weighted by atomic mass is 9.89. The van der Waals surface area contributed by atoms with E-state index < -0.39 is 5.95 Å². The summed E-state index contributed by atoms with van der Waals surface area (Å²) in [5.41, 5.74) is 0.464. The Morgan fingerprint density at radius 3 is 2.42 bits per heavy atom. The fraction of sp³-hybridized carbons (Fsp3) is 0.636. The van der Waals surface area contributed by atoms with Gasteiger partial charge in [-0.15, -0.1) is 0 Å². The minimum atomic E-state index is -0.466. The second kappa shape index (κ2) is 8.10. The van der Waals surface area contributed by atoms with Crippen LogP contribution in [0.4, 0.5) is 4.39 Å². The van der Waals surface area contributed by atoms with Crippen LogP contribution < -0.4 is 0 Å². The summed E-state index contributed by atoms with van der Waals surface area (Å²) < 4.78 is 14.2. The van der Waals surface area contributed by atoms with Crippen molar-refractivity contribution < 1.29 is 18.9 Å². The molecular formula is C11H16FN3O4. The summed E-state index contributed by atoms with van der Waals surface area (Å²) in [4.78, 5) is 26.5. The maximum absolute atomic E-state index is 13.1. The fourth-order valence-electron chi connectivity index (χ4n) is 1.66. The van der Waals surface area contributed by atoms with E-state index in [1.807, 2.05) is 13.8 Å². The number of hydrogen-bond acceptors (Lipinski definition) is 5. The molecule has 106 valence electrons. The molecule has 0 N–H and O–H groups in total. The third-order valence-corrected chi connectivity index (χ3v) is 2.90. The molecule has 2 atom stereocenters. The number of nitro groups is 1. The second-order valence-electron chi connectivity index (χ2n) is 4.11. The zero-order valence-corrected chi connectivity index (χ0v) is 11.0. The minimum Gasteiger partial charge on any atom is -0.265 e. The van der Waals surface area contributed by atoms with Gasteiger partial charge in [0.2, 0.25) is 12.5 Å². The molecule has 0 fully saturated rings. The lowest BCUT2D eigenvalue weighted by Gasteiger charge is -2.16. The molecule has 1 unspecified atom stereocenters. The van der Waals surface area contributed by atoms with E-state index in [4.69, 9.17) is 9.59 Å². The first-order valence-electron chi connectivity index (χ1n) is 5.67. The zero-order valence-electron chi connectivity index (χ0n) is 11.0. The quantitative estimate of drug-likeness (QED) is 0.596. The summed E-state index contributed by atoms with van der Waals surface area (Å²) in [5.74, 6) is -0.679. The van der Waals surface area contributed by atoms with Crippen LogP contribution >= 0.6 is 0 Å². The van der Waals surface area contributed by atoms with Gasteiger partial charge in [0.15, 0.2) is 0 Å². The van der Waals surface area contributed by atoms with Crippen molar-refractivity contribution in [3.63, 3.8) is 0 Å². The molecule has 0 saturated heterocycles. The molecule has 1 aromatic heterocycles. The molecule has 1 aromatic rings. The SMILES string of the molecule is CCC(C)[C@H](C[N+](=O)[O-])c1cc(F)n(C)n1.O=C=O. The van der Waals surface area contributed by atoms with Gasteiger partial charge < -0.3 is 0 Å². The van der Waals surface area contributed by atoms with Gasteiger partial charge in [-0.2, -0.15) is 19.1 Å². The van der Waals surface area contributed by atoms with Crippen LogP contribution in [-0.2, 0) is 16.6 Å². The highest BCUT2D eigenvalue weighted by atomic mass is 19.1. The van der Waals surface area contributed by atoms with E-state index in [2.05, 4.69) is 5.10 Å². The van der Waals surface area contributed by atoms with Crippen molar-refractivity contribution in [2.75, 3.05) is 6.54 Å². The van der Waals surface area contributed by atoms with Crippen molar-refractivity contribution >= 4 is 6.15 Å². The molecule has 0 aliphatic carbocycles. The van der Waals surface area contributed by atoms with E-state index in [1.165, 1.54) is 13.1 Å². The normalized spacial score (nSPS) is 12.8. The van der Waals surface area contributed by atoms with Gasteiger partial charge in [0.25, 0.3) is 0 Å². The van der Waals surface area contributed by atoms with E-state index in [0.717, 1.165) is 11.1 Å². The average molecular weight is 273 g/mol. The number of aryl methyl sites for hydroxylation is 1. The largest absolute Gasteiger partial charge is 0.373 e. The van der Waals surface area contributed by atoms with E-state index in [-0.39, 0.29) is 29.5 Å². The number of rotatable bonds is 5.